The van der Waals surface area contributed by atoms with Crippen LogP contribution in [0, 0.1) is 0 Å². The summed E-state index contributed by atoms with van der Waals surface area (Å²) in [5.74, 6) is -0.564. The second-order valence-corrected chi connectivity index (χ2v) is 9.84. The van der Waals surface area contributed by atoms with E-state index >= 15 is 0 Å². The van der Waals surface area contributed by atoms with E-state index in [0.717, 1.165) is 4.80 Å². The van der Waals surface area contributed by atoms with E-state index in [1.54, 1.807) is 55.8 Å². The molecule has 1 aromatic carbocycles. The topological polar surface area (TPSA) is 129 Å². The maximum atomic E-state index is 13.5. The smallest absolute Gasteiger partial charge is 0.325 e. The van der Waals surface area contributed by atoms with Crippen molar-refractivity contribution in [3.05, 3.63) is 46.7 Å². The summed E-state index contributed by atoms with van der Waals surface area (Å²) in [6, 6.07) is 9.58. The van der Waals surface area contributed by atoms with E-state index in [-0.39, 0.29) is 13.2 Å². The van der Waals surface area contributed by atoms with Crippen LogP contribution in [-0.4, -0.2) is 68.7 Å². The highest BCUT2D eigenvalue weighted by atomic mass is 32.1. The Morgan fingerprint density at radius 1 is 1.17 bits per heavy atom. The van der Waals surface area contributed by atoms with Crippen LogP contribution in [0.2, 0.25) is 0 Å². The van der Waals surface area contributed by atoms with Crippen molar-refractivity contribution in [1.82, 2.24) is 30.4 Å². The van der Waals surface area contributed by atoms with Crippen LogP contribution in [-0.2, 0) is 25.7 Å². The fourth-order valence-electron chi connectivity index (χ4n) is 3.36. The molecular weight excluding hydrogens is 484 g/mol. The fourth-order valence-corrected chi connectivity index (χ4v) is 4.19. The molecule has 2 aromatic heterocycles. The van der Waals surface area contributed by atoms with Crippen LogP contribution in [0.3, 0.4) is 0 Å². The second kappa shape index (κ2) is 11.8. The molecular formula is C24H30N6O5S. The molecule has 2 amide bonds. The average Bonchev–Trinajstić information content (AvgIpc) is 3.50. The molecule has 1 N–H and O–H groups in total. The molecule has 36 heavy (non-hydrogen) atoms. The monoisotopic (exact) mass is 514 g/mol. The van der Waals surface area contributed by atoms with Crippen molar-refractivity contribution in [2.24, 2.45) is 0 Å². The molecule has 0 aliphatic rings. The Morgan fingerprint density at radius 2 is 1.89 bits per heavy atom. The minimum Gasteiger partial charge on any atom is -0.497 e. The number of nitrogens with one attached hydrogen (secondary N) is 1. The maximum absolute atomic E-state index is 13.5. The molecule has 2 heterocycles. The van der Waals surface area contributed by atoms with Gasteiger partial charge in [-0.2, -0.15) is 4.80 Å². The van der Waals surface area contributed by atoms with Crippen LogP contribution in [0.4, 0.5) is 0 Å². The second-order valence-electron chi connectivity index (χ2n) is 8.86. The number of esters is 1. The Balaban J connectivity index is 1.88. The van der Waals surface area contributed by atoms with Gasteiger partial charge in [-0.1, -0.05) is 6.07 Å². The summed E-state index contributed by atoms with van der Waals surface area (Å²) in [4.78, 5) is 42.2. The van der Waals surface area contributed by atoms with E-state index < -0.39 is 35.9 Å². The molecule has 0 spiro atoms. The van der Waals surface area contributed by atoms with Gasteiger partial charge in [-0.15, -0.1) is 21.5 Å². The lowest BCUT2D eigenvalue weighted by Gasteiger charge is -2.32. The lowest BCUT2D eigenvalue weighted by Crippen LogP contribution is -2.51. The standard InChI is InChI=1S/C24H30N6O5S/c1-6-35-20(32)15-29(21(18-8-7-13-36-18)23(33)25-24(2,3)4)19(31)14-30-27-22(26-28-30)16-9-11-17(34-5)12-10-16/h7-13,21H,6,14-15H2,1-5H3,(H,25,33). The van der Waals surface area contributed by atoms with Crippen molar-refractivity contribution in [3.8, 4) is 17.1 Å². The molecule has 12 heteroatoms. The molecule has 0 aliphatic heterocycles. The maximum Gasteiger partial charge on any atom is 0.325 e. The first-order chi connectivity index (χ1) is 17.1. The van der Waals surface area contributed by atoms with Gasteiger partial charge in [-0.05, 0) is 68.6 Å². The van der Waals surface area contributed by atoms with Gasteiger partial charge in [0.15, 0.2) is 0 Å². The molecule has 11 nitrogen and oxygen atoms in total. The van der Waals surface area contributed by atoms with Crippen LogP contribution in [0.25, 0.3) is 11.4 Å². The first-order valence-corrected chi connectivity index (χ1v) is 12.2. The van der Waals surface area contributed by atoms with E-state index in [4.69, 9.17) is 9.47 Å². The van der Waals surface area contributed by atoms with Gasteiger partial charge >= 0.3 is 5.97 Å². The van der Waals surface area contributed by atoms with Crippen LogP contribution >= 0.6 is 11.3 Å². The van der Waals surface area contributed by atoms with Crippen LogP contribution in [0.1, 0.15) is 38.6 Å². The van der Waals surface area contributed by atoms with Gasteiger partial charge in [0.2, 0.25) is 17.6 Å². The van der Waals surface area contributed by atoms with E-state index in [1.807, 2.05) is 20.8 Å². The number of hydrogen-bond acceptors (Lipinski definition) is 9. The molecule has 0 saturated carbocycles. The summed E-state index contributed by atoms with van der Waals surface area (Å²) in [6.07, 6.45) is 0. The number of carbonyl (C=O) groups is 3. The van der Waals surface area contributed by atoms with Crippen LogP contribution in [0.15, 0.2) is 41.8 Å². The van der Waals surface area contributed by atoms with Gasteiger partial charge in [0.05, 0.1) is 13.7 Å². The van der Waals surface area contributed by atoms with Crippen molar-refractivity contribution in [3.63, 3.8) is 0 Å². The lowest BCUT2D eigenvalue weighted by molar-refractivity contribution is -0.153. The third kappa shape index (κ3) is 7.11. The highest BCUT2D eigenvalue weighted by Crippen LogP contribution is 2.27. The van der Waals surface area contributed by atoms with E-state index in [9.17, 15) is 14.4 Å². The summed E-state index contributed by atoms with van der Waals surface area (Å²) >= 11 is 1.31. The van der Waals surface area contributed by atoms with Crippen LogP contribution in [0.5, 0.6) is 5.75 Å². The molecule has 0 aliphatic carbocycles. The number of benzene rings is 1. The Morgan fingerprint density at radius 3 is 2.47 bits per heavy atom. The molecule has 1 unspecified atom stereocenters. The first kappa shape index (κ1) is 26.8. The summed E-state index contributed by atoms with van der Waals surface area (Å²) in [6.45, 7) is 6.61. The summed E-state index contributed by atoms with van der Waals surface area (Å²) < 4.78 is 10.2. The molecule has 1 atom stereocenters. The number of thiophene rings is 1. The lowest BCUT2D eigenvalue weighted by atomic mass is 10.1. The van der Waals surface area contributed by atoms with Gasteiger partial charge in [-0.25, -0.2) is 0 Å². The van der Waals surface area contributed by atoms with Gasteiger partial charge in [0.1, 0.15) is 24.9 Å². The van der Waals surface area contributed by atoms with Gasteiger partial charge in [0.25, 0.3) is 0 Å². The third-order valence-electron chi connectivity index (χ3n) is 4.87. The normalized spacial score (nSPS) is 12.0. The molecule has 0 fully saturated rings. The summed E-state index contributed by atoms with van der Waals surface area (Å²) in [5.41, 5.74) is 0.144. The van der Waals surface area contributed by atoms with E-state index in [2.05, 4.69) is 20.7 Å². The number of ether oxygens (including phenoxy) is 2. The quantitative estimate of drug-likeness (QED) is 0.409. The molecule has 0 saturated heterocycles. The number of hydrogen-bond donors (Lipinski definition) is 1. The molecule has 3 rings (SSSR count). The largest absolute Gasteiger partial charge is 0.497 e. The zero-order valence-electron chi connectivity index (χ0n) is 20.9. The number of rotatable bonds is 10. The predicted octanol–water partition coefficient (Wildman–Crippen LogP) is 2.46. The van der Waals surface area contributed by atoms with Crippen molar-refractivity contribution in [2.45, 2.75) is 45.8 Å². The Kier molecular flexibility index (Phi) is 8.75. The Bertz CT molecular complexity index is 1170. The first-order valence-electron chi connectivity index (χ1n) is 11.3. The van der Waals surface area contributed by atoms with Crippen LogP contribution < -0.4 is 10.1 Å². The van der Waals surface area contributed by atoms with Crippen molar-refractivity contribution in [2.75, 3.05) is 20.3 Å². The predicted molar refractivity (Wildman–Crippen MR) is 133 cm³/mol. The van der Waals surface area contributed by atoms with Crippen molar-refractivity contribution >= 4 is 29.1 Å². The fraction of sp³-hybridized carbons (Fsp3) is 0.417. The Labute approximate surface area is 213 Å². The molecule has 3 aromatic rings. The highest BCUT2D eigenvalue weighted by Gasteiger charge is 2.35. The number of nitrogens with zero attached hydrogens (tertiary/aromatic N) is 5. The number of methoxy groups -OCH3 is 1. The molecule has 0 bridgehead atoms. The Hall–Kier alpha value is -3.80. The summed E-state index contributed by atoms with van der Waals surface area (Å²) in [5, 5.41) is 17.0. The van der Waals surface area contributed by atoms with Gasteiger partial charge in [-0.3, -0.25) is 14.4 Å². The minimum atomic E-state index is -1.04. The van der Waals surface area contributed by atoms with E-state index in [0.29, 0.717) is 22.0 Å². The SMILES string of the molecule is CCOC(=O)CN(C(=O)Cn1nnc(-c2ccc(OC)cc2)n1)C(C(=O)NC(C)(C)C)c1cccs1. The van der Waals surface area contributed by atoms with E-state index in [1.165, 1.54) is 16.2 Å². The van der Waals surface area contributed by atoms with Crippen molar-refractivity contribution in [1.29, 1.82) is 0 Å². The average molecular weight is 515 g/mol. The number of tetrazole rings is 1. The molecule has 192 valence electrons. The van der Waals surface area contributed by atoms with Crippen molar-refractivity contribution < 1.29 is 23.9 Å². The zero-order valence-corrected chi connectivity index (χ0v) is 21.7. The third-order valence-corrected chi connectivity index (χ3v) is 5.80. The number of aromatic nitrogens is 4. The summed E-state index contributed by atoms with van der Waals surface area (Å²) in [7, 11) is 1.57. The zero-order chi connectivity index (χ0) is 26.3. The number of amides is 2. The van der Waals surface area contributed by atoms with Gasteiger partial charge in [0, 0.05) is 16.0 Å². The highest BCUT2D eigenvalue weighted by molar-refractivity contribution is 7.10. The molecule has 0 radical (unpaired) electrons. The number of carbonyl (C=O) groups excluding carboxylic acids is 3. The van der Waals surface area contributed by atoms with Gasteiger partial charge < -0.3 is 19.7 Å². The minimum absolute atomic E-state index is 0.147.